The maximum Gasteiger partial charge on any atom is 0.334 e. The number of hydrogen-bond acceptors (Lipinski definition) is 5. The van der Waals surface area contributed by atoms with E-state index in [0.29, 0.717) is 0 Å². The number of nitrogens with one attached hydrogen (secondary N) is 1. The maximum atomic E-state index is 10.5. The van der Waals surface area contributed by atoms with Gasteiger partial charge in [0, 0.05) is 0 Å². The van der Waals surface area contributed by atoms with E-state index in [0.717, 1.165) is 0 Å². The number of rotatable bonds is 5. The van der Waals surface area contributed by atoms with Crippen LogP contribution in [-0.4, -0.2) is 29.5 Å². The van der Waals surface area contributed by atoms with Crippen molar-refractivity contribution in [2.75, 3.05) is 0 Å². The van der Waals surface area contributed by atoms with E-state index < -0.39 is 24.4 Å². The maximum absolute atomic E-state index is 10.5. The Balaban J connectivity index is 3.68. The minimum absolute atomic E-state index is 0.143. The van der Waals surface area contributed by atoms with Gasteiger partial charge in [-0.3, -0.25) is 9.59 Å². The second-order valence-electron chi connectivity index (χ2n) is 1.86. The number of carboxylic acids is 1. The van der Waals surface area contributed by atoms with E-state index in [2.05, 4.69) is 4.84 Å². The number of hydroxylamine groups is 1. The lowest BCUT2D eigenvalue weighted by Crippen LogP contribution is -2.34. The molecule has 0 aliphatic heterocycles. The Morgan fingerprint density at radius 3 is 2.67 bits per heavy atom. The third-order valence-electron chi connectivity index (χ3n) is 0.925. The summed E-state index contributed by atoms with van der Waals surface area (Å²) in [6.45, 7) is 0. The summed E-state index contributed by atoms with van der Waals surface area (Å²) in [5.41, 5.74) is 6.59. The first-order chi connectivity index (χ1) is 5.57. The van der Waals surface area contributed by atoms with Gasteiger partial charge in [-0.05, 0) is 0 Å². The Labute approximate surface area is 67.4 Å². The average Bonchev–Trinajstić information content (AvgIpc) is 2.00. The number of carboxylic acid groups (broad SMARTS) is 1. The Bertz CT molecular complexity index is 192. The lowest BCUT2D eigenvalue weighted by Gasteiger charge is -2.04. The van der Waals surface area contributed by atoms with Crippen LogP contribution in [-0.2, 0) is 19.2 Å². The van der Waals surface area contributed by atoms with Crippen LogP contribution in [0.3, 0.4) is 0 Å². The molecule has 0 radical (unpaired) electrons. The normalized spacial score (nSPS) is 11.4. The first-order valence-corrected chi connectivity index (χ1v) is 2.95. The van der Waals surface area contributed by atoms with Crippen LogP contribution in [0.4, 0.5) is 0 Å². The molecule has 0 aromatic rings. The van der Waals surface area contributed by atoms with E-state index in [9.17, 15) is 14.4 Å². The fourth-order valence-electron chi connectivity index (χ4n) is 0.398. The van der Waals surface area contributed by atoms with Crippen LogP contribution in [0.1, 0.15) is 6.42 Å². The van der Waals surface area contributed by atoms with E-state index in [1.165, 1.54) is 0 Å². The highest BCUT2D eigenvalue weighted by atomic mass is 16.7. The third-order valence-corrected chi connectivity index (χ3v) is 0.925. The lowest BCUT2D eigenvalue weighted by molar-refractivity contribution is -0.156. The summed E-state index contributed by atoms with van der Waals surface area (Å²) in [6.07, 6.45) is -0.347. The zero-order chi connectivity index (χ0) is 9.56. The summed E-state index contributed by atoms with van der Waals surface area (Å²) in [7, 11) is 0. The molecular weight excluding hydrogens is 168 g/mol. The monoisotopic (exact) mass is 176 g/mol. The molecule has 1 amide bonds. The summed E-state index contributed by atoms with van der Waals surface area (Å²) >= 11 is 0. The first kappa shape index (κ1) is 10.4. The average molecular weight is 176 g/mol. The molecule has 0 saturated carbocycles. The Kier molecular flexibility index (Phi) is 4.39. The van der Waals surface area contributed by atoms with Gasteiger partial charge < -0.3 is 15.7 Å². The van der Waals surface area contributed by atoms with Crippen LogP contribution in [0.15, 0.2) is 0 Å². The molecule has 0 spiro atoms. The third kappa shape index (κ3) is 4.23. The van der Waals surface area contributed by atoms with Gasteiger partial charge >= 0.3 is 11.9 Å². The van der Waals surface area contributed by atoms with E-state index in [1.807, 2.05) is 0 Å². The zero-order valence-electron chi connectivity index (χ0n) is 6.02. The minimum Gasteiger partial charge on any atom is -0.480 e. The molecule has 0 fully saturated rings. The van der Waals surface area contributed by atoms with Crippen LogP contribution < -0.4 is 11.2 Å². The Morgan fingerprint density at radius 1 is 1.67 bits per heavy atom. The second kappa shape index (κ2) is 5.08. The number of carbonyl (C=O) groups is 3. The number of nitrogens with two attached hydrogens (primary N) is 1. The zero-order valence-corrected chi connectivity index (χ0v) is 6.02. The van der Waals surface area contributed by atoms with E-state index in [4.69, 9.17) is 10.8 Å². The predicted octanol–water partition coefficient (Wildman–Crippen LogP) is -2.01. The van der Waals surface area contributed by atoms with Gasteiger partial charge in [-0.15, -0.1) is 0 Å². The fraction of sp³-hybridized carbons (Fsp3) is 0.400. The highest BCUT2D eigenvalue weighted by molar-refractivity contribution is 5.81. The van der Waals surface area contributed by atoms with Crippen molar-refractivity contribution in [2.45, 2.75) is 12.5 Å². The van der Waals surface area contributed by atoms with Gasteiger partial charge in [0.15, 0.2) is 0 Å². The molecule has 12 heavy (non-hydrogen) atoms. The lowest BCUT2D eigenvalue weighted by atomic mass is 10.2. The molecule has 0 aromatic heterocycles. The van der Waals surface area contributed by atoms with Crippen LogP contribution >= 0.6 is 0 Å². The van der Waals surface area contributed by atoms with Gasteiger partial charge in [0.2, 0.25) is 6.41 Å². The van der Waals surface area contributed by atoms with Crippen molar-refractivity contribution in [3.63, 3.8) is 0 Å². The highest BCUT2D eigenvalue weighted by Crippen LogP contribution is 1.89. The number of hydrogen-bond donors (Lipinski definition) is 3. The standard InChI is InChI=1S/C5H8N2O5/c6-3(5(10)11)1-4(9)12-7-2-8/h2-3H,1,6H2,(H,7,8)(H,10,11)/t3-/m0/s1. The van der Waals surface area contributed by atoms with Crippen LogP contribution in [0.2, 0.25) is 0 Å². The topological polar surface area (TPSA) is 119 Å². The highest BCUT2D eigenvalue weighted by Gasteiger charge is 2.17. The first-order valence-electron chi connectivity index (χ1n) is 2.95. The number of carbonyl (C=O) groups excluding carboxylic acids is 2. The van der Waals surface area contributed by atoms with Crippen LogP contribution in [0, 0.1) is 0 Å². The summed E-state index contributed by atoms with van der Waals surface area (Å²) in [5, 5.41) is 8.23. The van der Waals surface area contributed by atoms with Crippen molar-refractivity contribution >= 4 is 18.3 Å². The molecule has 68 valence electrons. The van der Waals surface area contributed by atoms with Gasteiger partial charge in [0.05, 0.1) is 6.42 Å². The molecule has 1 atom stereocenters. The van der Waals surface area contributed by atoms with E-state index in [1.54, 1.807) is 5.48 Å². The van der Waals surface area contributed by atoms with Crippen LogP contribution in [0.5, 0.6) is 0 Å². The molecule has 0 heterocycles. The summed E-state index contributed by atoms with van der Waals surface area (Å²) in [5.74, 6) is -2.21. The molecule has 7 nitrogen and oxygen atoms in total. The van der Waals surface area contributed by atoms with Gasteiger partial charge in [0.1, 0.15) is 6.04 Å². The number of aliphatic carboxylic acids is 1. The summed E-state index contributed by atoms with van der Waals surface area (Å²) in [6, 6.07) is -1.31. The summed E-state index contributed by atoms with van der Waals surface area (Å²) < 4.78 is 0. The molecular formula is C5H8N2O5. The van der Waals surface area contributed by atoms with E-state index in [-0.39, 0.29) is 6.41 Å². The molecule has 4 N–H and O–H groups in total. The molecule has 0 aliphatic rings. The number of amides is 1. The molecule has 0 rings (SSSR count). The Morgan fingerprint density at radius 2 is 2.25 bits per heavy atom. The van der Waals surface area contributed by atoms with Gasteiger partial charge in [0.25, 0.3) is 0 Å². The van der Waals surface area contributed by atoms with Gasteiger partial charge in [-0.1, -0.05) is 0 Å². The SMILES string of the molecule is N[C@@H](CC(=O)ONC=O)C(=O)O. The smallest absolute Gasteiger partial charge is 0.334 e. The fourth-order valence-corrected chi connectivity index (χ4v) is 0.398. The minimum atomic E-state index is -1.31. The van der Waals surface area contributed by atoms with Gasteiger partial charge in [-0.2, -0.15) is 5.48 Å². The van der Waals surface area contributed by atoms with Gasteiger partial charge in [-0.25, -0.2) is 4.79 Å². The van der Waals surface area contributed by atoms with Crippen molar-refractivity contribution in [1.29, 1.82) is 0 Å². The van der Waals surface area contributed by atoms with Crippen molar-refractivity contribution in [2.24, 2.45) is 5.73 Å². The van der Waals surface area contributed by atoms with Crippen molar-refractivity contribution < 1.29 is 24.3 Å². The molecule has 7 heteroatoms. The molecule has 0 unspecified atom stereocenters. The van der Waals surface area contributed by atoms with Crippen LogP contribution in [0.25, 0.3) is 0 Å². The Hall–Kier alpha value is -1.63. The quantitative estimate of drug-likeness (QED) is 0.329. The van der Waals surface area contributed by atoms with Crippen molar-refractivity contribution in [3.8, 4) is 0 Å². The van der Waals surface area contributed by atoms with Crippen molar-refractivity contribution in [3.05, 3.63) is 0 Å². The molecule has 0 bridgehead atoms. The molecule has 0 aromatic carbocycles. The molecule has 0 aliphatic carbocycles. The van der Waals surface area contributed by atoms with Crippen molar-refractivity contribution in [1.82, 2.24) is 5.48 Å². The summed E-state index contributed by atoms with van der Waals surface area (Å²) in [4.78, 5) is 34.2. The second-order valence-corrected chi connectivity index (χ2v) is 1.86. The predicted molar refractivity (Wildman–Crippen MR) is 35.5 cm³/mol. The van der Waals surface area contributed by atoms with E-state index >= 15 is 0 Å². The largest absolute Gasteiger partial charge is 0.480 e. The molecule has 0 saturated heterocycles.